The molecule has 0 saturated carbocycles. The molecule has 2 heterocycles. The minimum absolute atomic E-state index is 0.0135. The molecule has 2 aliphatic carbocycles. The first-order chi connectivity index (χ1) is 36.2. The first kappa shape index (κ1) is 48.6. The van der Waals surface area contributed by atoms with Crippen molar-refractivity contribution in [3.63, 3.8) is 0 Å². The maximum absolute atomic E-state index is 2.70. The van der Waals surface area contributed by atoms with Gasteiger partial charge in [0.15, 0.2) is 0 Å². The van der Waals surface area contributed by atoms with Crippen molar-refractivity contribution in [2.24, 2.45) is 0 Å². The molecule has 0 radical (unpaired) electrons. The summed E-state index contributed by atoms with van der Waals surface area (Å²) < 4.78 is 0. The molecule has 0 atom stereocenters. The Morgan fingerprint density at radius 3 is 1.09 bits per heavy atom. The molecule has 2 aliphatic heterocycles. The zero-order valence-electron chi connectivity index (χ0n) is 47.2. The van der Waals surface area contributed by atoms with Crippen LogP contribution in [0.15, 0.2) is 158 Å². The molecular formula is C72H74BN3. The summed E-state index contributed by atoms with van der Waals surface area (Å²) in [5.41, 5.74) is 26.0. The van der Waals surface area contributed by atoms with E-state index in [1.54, 1.807) is 0 Å². The number of hydrogen-bond acceptors (Lipinski definition) is 3. The summed E-state index contributed by atoms with van der Waals surface area (Å²) in [6, 6.07) is 63.0. The van der Waals surface area contributed by atoms with Crippen LogP contribution >= 0.6 is 0 Å². The SMILES string of the molecule is CC(C)(C)c1ccc(N(c2ccc(C(C)(C)C)cc2)c2cc3c4c(c2)N(c2ccc5c6c(cccc26)CCC5)c2cc(C(C)(C)C)ccc2B4c2ccc(C(C)(C)C)cc2N3c2ccc3c4c(cccc24)CCC3)cc1. The van der Waals surface area contributed by atoms with Crippen LogP contribution in [0.4, 0.5) is 51.2 Å². The Kier molecular flexibility index (Phi) is 11.0. The molecular weight excluding hydrogens is 918 g/mol. The highest BCUT2D eigenvalue weighted by molar-refractivity contribution is 7.00. The first-order valence-electron chi connectivity index (χ1n) is 28.4. The summed E-state index contributed by atoms with van der Waals surface area (Å²) in [6.45, 7) is 28.1. The van der Waals surface area contributed by atoms with E-state index < -0.39 is 0 Å². The van der Waals surface area contributed by atoms with Gasteiger partial charge in [0, 0.05) is 44.9 Å². The van der Waals surface area contributed by atoms with Gasteiger partial charge in [-0.1, -0.05) is 180 Å². The lowest BCUT2D eigenvalue weighted by Crippen LogP contribution is -2.61. The van der Waals surface area contributed by atoms with E-state index >= 15 is 0 Å². The standard InChI is InChI=1S/C72H74BN3/c1-69(2,3)49-27-33-53(34-28-49)74(54-35-29-50(30-36-54)70(4,5)6)55-43-64-68-65(44-55)76(61-40-26-48-20-14-18-46-22-16-24-57(61)67(46)48)63-42-52(72(10,11)12)32-38-59(63)73(68)58-37-31-51(71(7,8)9)41-62(58)75(64)60-39-25-47-19-13-17-45-21-15-23-56(60)66(45)47/h15-16,21-44H,13-14,17-20H2,1-12H3. The van der Waals surface area contributed by atoms with Crippen molar-refractivity contribution in [1.29, 1.82) is 0 Å². The highest BCUT2D eigenvalue weighted by Crippen LogP contribution is 2.52. The van der Waals surface area contributed by atoms with E-state index in [0.29, 0.717) is 0 Å². The minimum atomic E-state index is -0.0688. The van der Waals surface area contributed by atoms with Crippen LogP contribution in [0.25, 0.3) is 21.5 Å². The number of anilines is 9. The third kappa shape index (κ3) is 7.83. The molecule has 0 spiro atoms. The first-order valence-corrected chi connectivity index (χ1v) is 28.4. The Balaban J connectivity index is 1.19. The third-order valence-corrected chi connectivity index (χ3v) is 17.7. The Hall–Kier alpha value is -7.04. The number of hydrogen-bond donors (Lipinski definition) is 0. The maximum atomic E-state index is 2.70. The van der Waals surface area contributed by atoms with Crippen LogP contribution in [0.5, 0.6) is 0 Å². The van der Waals surface area contributed by atoms with E-state index in [9.17, 15) is 0 Å². The Labute approximate surface area is 453 Å². The van der Waals surface area contributed by atoms with E-state index in [2.05, 4.69) is 256 Å². The Morgan fingerprint density at radius 2 is 0.711 bits per heavy atom. The molecule has 13 rings (SSSR count). The van der Waals surface area contributed by atoms with Crippen LogP contribution < -0.4 is 31.1 Å². The second kappa shape index (κ2) is 17.2. The summed E-state index contributed by atoms with van der Waals surface area (Å²) in [5.74, 6) is 0. The van der Waals surface area contributed by atoms with Gasteiger partial charge in [-0.15, -0.1) is 0 Å². The fraction of sp³-hybridized carbons (Fsp3) is 0.306. The van der Waals surface area contributed by atoms with Crippen molar-refractivity contribution in [2.75, 3.05) is 14.7 Å². The summed E-state index contributed by atoms with van der Waals surface area (Å²) in [7, 11) is 0. The van der Waals surface area contributed by atoms with Crippen LogP contribution in [0.2, 0.25) is 0 Å². The molecule has 0 saturated heterocycles. The quantitative estimate of drug-likeness (QED) is 0.159. The van der Waals surface area contributed by atoms with E-state index in [1.165, 1.54) is 129 Å². The van der Waals surface area contributed by atoms with Crippen LogP contribution in [0.3, 0.4) is 0 Å². The van der Waals surface area contributed by atoms with Crippen molar-refractivity contribution < 1.29 is 0 Å². The fourth-order valence-electron chi connectivity index (χ4n) is 13.5. The summed E-state index contributed by atoms with van der Waals surface area (Å²) in [6.07, 6.45) is 6.82. The molecule has 380 valence electrons. The third-order valence-electron chi connectivity index (χ3n) is 17.7. The molecule has 0 aromatic heterocycles. The summed E-state index contributed by atoms with van der Waals surface area (Å²) in [4.78, 5) is 7.95. The van der Waals surface area contributed by atoms with Gasteiger partial charge in [0.2, 0.25) is 0 Å². The molecule has 0 unspecified atom stereocenters. The molecule has 9 aromatic rings. The molecule has 76 heavy (non-hydrogen) atoms. The van der Waals surface area contributed by atoms with Crippen molar-refractivity contribution in [1.82, 2.24) is 0 Å². The molecule has 0 fully saturated rings. The number of aryl methyl sites for hydroxylation is 4. The van der Waals surface area contributed by atoms with E-state index in [1.807, 2.05) is 0 Å². The average Bonchev–Trinajstić information content (AvgIpc) is 3.50. The lowest BCUT2D eigenvalue weighted by molar-refractivity contribution is 0.590. The van der Waals surface area contributed by atoms with Gasteiger partial charge >= 0.3 is 0 Å². The topological polar surface area (TPSA) is 9.72 Å². The average molecular weight is 992 g/mol. The number of fused-ring (bicyclic) bond motifs is 4. The molecule has 0 bridgehead atoms. The van der Waals surface area contributed by atoms with Gasteiger partial charge in [0.1, 0.15) is 0 Å². The normalized spacial score (nSPS) is 15.0. The molecule has 0 amide bonds. The zero-order chi connectivity index (χ0) is 52.8. The fourth-order valence-corrected chi connectivity index (χ4v) is 13.5. The number of benzene rings is 9. The molecule has 0 N–H and O–H groups in total. The zero-order valence-corrected chi connectivity index (χ0v) is 47.2. The smallest absolute Gasteiger partial charge is 0.252 e. The molecule has 4 aliphatic rings. The van der Waals surface area contributed by atoms with Crippen molar-refractivity contribution in [3.05, 3.63) is 202 Å². The minimum Gasteiger partial charge on any atom is -0.311 e. The van der Waals surface area contributed by atoms with E-state index in [4.69, 9.17) is 0 Å². The van der Waals surface area contributed by atoms with Gasteiger partial charge in [0.25, 0.3) is 6.71 Å². The second-order valence-electron chi connectivity index (χ2n) is 26.9. The molecule has 9 aromatic carbocycles. The van der Waals surface area contributed by atoms with E-state index in [-0.39, 0.29) is 28.4 Å². The summed E-state index contributed by atoms with van der Waals surface area (Å²) in [5, 5.41) is 5.55. The van der Waals surface area contributed by atoms with Gasteiger partial charge in [0.05, 0.1) is 17.1 Å². The predicted octanol–water partition coefficient (Wildman–Crippen LogP) is 17.7. The number of rotatable bonds is 5. The highest BCUT2D eigenvalue weighted by Gasteiger charge is 2.45. The molecule has 4 heteroatoms. The van der Waals surface area contributed by atoms with Gasteiger partial charge in [-0.2, -0.15) is 0 Å². The highest BCUT2D eigenvalue weighted by atomic mass is 15.2. The Morgan fingerprint density at radius 1 is 0.342 bits per heavy atom. The van der Waals surface area contributed by atoms with Crippen LogP contribution in [-0.2, 0) is 47.3 Å². The largest absolute Gasteiger partial charge is 0.311 e. The van der Waals surface area contributed by atoms with Crippen molar-refractivity contribution in [3.8, 4) is 0 Å². The summed E-state index contributed by atoms with van der Waals surface area (Å²) >= 11 is 0. The predicted molar refractivity (Wildman–Crippen MR) is 329 cm³/mol. The van der Waals surface area contributed by atoms with Crippen LogP contribution in [0, 0.1) is 0 Å². The van der Waals surface area contributed by atoms with E-state index in [0.717, 1.165) is 42.7 Å². The second-order valence-corrected chi connectivity index (χ2v) is 26.9. The number of nitrogens with zero attached hydrogens (tertiary/aromatic N) is 3. The van der Waals surface area contributed by atoms with Crippen LogP contribution in [-0.4, -0.2) is 6.71 Å². The maximum Gasteiger partial charge on any atom is 0.252 e. The van der Waals surface area contributed by atoms with Gasteiger partial charge in [-0.3, -0.25) is 0 Å². The lowest BCUT2D eigenvalue weighted by atomic mass is 9.33. The van der Waals surface area contributed by atoms with Crippen molar-refractivity contribution >= 4 is 95.8 Å². The van der Waals surface area contributed by atoms with Gasteiger partial charge < -0.3 is 14.7 Å². The van der Waals surface area contributed by atoms with Gasteiger partial charge in [-0.05, 0) is 193 Å². The van der Waals surface area contributed by atoms with Crippen molar-refractivity contribution in [2.45, 2.75) is 143 Å². The monoisotopic (exact) mass is 992 g/mol. The molecule has 3 nitrogen and oxygen atoms in total. The Bertz CT molecular complexity index is 3550. The van der Waals surface area contributed by atoms with Gasteiger partial charge in [-0.25, -0.2) is 0 Å². The van der Waals surface area contributed by atoms with Crippen LogP contribution in [0.1, 0.15) is 140 Å². The lowest BCUT2D eigenvalue weighted by Gasteiger charge is -2.46.